The first-order valence-electron chi connectivity index (χ1n) is 19.2. The summed E-state index contributed by atoms with van der Waals surface area (Å²) in [6.07, 6.45) is 32.2. The third kappa shape index (κ3) is 25.2. The summed E-state index contributed by atoms with van der Waals surface area (Å²) >= 11 is 0. The zero-order valence-corrected chi connectivity index (χ0v) is 30.5. The highest BCUT2D eigenvalue weighted by molar-refractivity contribution is 5.70. The first kappa shape index (κ1) is 44.1. The third-order valence-corrected chi connectivity index (χ3v) is 10.0. The number of unbranched alkanes of at least 4 members (excludes halogenated alkanes) is 18. The molecule has 0 bridgehead atoms. The maximum absolute atomic E-state index is 11.5. The average Bonchev–Trinajstić information content (AvgIpc) is 3.03. The average molecular weight is 653 g/mol. The molecular formula is C39H74NO6+. The largest absolute Gasteiger partial charge is 0.481 e. The van der Waals surface area contributed by atoms with Crippen LogP contribution in [-0.2, 0) is 14.4 Å². The maximum Gasteiger partial charge on any atom is 0.306 e. The van der Waals surface area contributed by atoms with Crippen LogP contribution >= 0.6 is 0 Å². The van der Waals surface area contributed by atoms with E-state index in [1.807, 2.05) is 0 Å². The van der Waals surface area contributed by atoms with E-state index < -0.39 is 35.7 Å². The second-order valence-electron chi connectivity index (χ2n) is 14.4. The lowest BCUT2D eigenvalue weighted by Gasteiger charge is -2.40. The van der Waals surface area contributed by atoms with E-state index in [2.05, 4.69) is 19.1 Å². The van der Waals surface area contributed by atoms with Gasteiger partial charge in [0.1, 0.15) is 0 Å². The second kappa shape index (κ2) is 29.3. The second-order valence-corrected chi connectivity index (χ2v) is 14.4. The highest BCUT2D eigenvalue weighted by atomic mass is 16.4. The molecule has 0 aliphatic rings. The van der Waals surface area contributed by atoms with Crippen molar-refractivity contribution in [2.45, 2.75) is 175 Å². The number of rotatable bonds is 34. The molecule has 0 rings (SSSR count). The quantitative estimate of drug-likeness (QED) is 0.0362. The highest BCUT2D eigenvalue weighted by Crippen LogP contribution is 2.22. The first-order valence-corrected chi connectivity index (χ1v) is 19.2. The van der Waals surface area contributed by atoms with Crippen molar-refractivity contribution < 1.29 is 34.2 Å². The van der Waals surface area contributed by atoms with Crippen LogP contribution in [0.25, 0.3) is 0 Å². The Bertz CT molecular complexity index is 738. The molecule has 270 valence electrons. The zero-order valence-electron chi connectivity index (χ0n) is 30.5. The molecule has 0 spiro atoms. The summed E-state index contributed by atoms with van der Waals surface area (Å²) in [5.74, 6) is -3.90. The Morgan fingerprint density at radius 1 is 0.457 bits per heavy atom. The van der Waals surface area contributed by atoms with Crippen molar-refractivity contribution in [2.24, 2.45) is 17.8 Å². The number of nitrogens with zero attached hydrogens (tertiary/aromatic N) is 1. The van der Waals surface area contributed by atoms with Gasteiger partial charge in [0.05, 0.1) is 43.9 Å². The Labute approximate surface area is 283 Å². The highest BCUT2D eigenvalue weighted by Gasteiger charge is 2.31. The molecule has 3 unspecified atom stereocenters. The van der Waals surface area contributed by atoms with Crippen LogP contribution in [-0.4, -0.2) is 63.9 Å². The van der Waals surface area contributed by atoms with Crippen LogP contribution in [0.5, 0.6) is 0 Å². The number of allylic oxidation sites excluding steroid dienone is 2. The van der Waals surface area contributed by atoms with E-state index in [9.17, 15) is 29.7 Å². The number of quaternary nitrogens is 1. The van der Waals surface area contributed by atoms with Crippen molar-refractivity contribution in [2.75, 3.05) is 26.2 Å². The molecule has 46 heavy (non-hydrogen) atoms. The molecule has 3 atom stereocenters. The minimum Gasteiger partial charge on any atom is -0.481 e. The number of carboxylic acid groups (broad SMARTS) is 3. The lowest BCUT2D eigenvalue weighted by Crippen LogP contribution is -2.52. The fourth-order valence-corrected chi connectivity index (χ4v) is 6.20. The molecule has 0 radical (unpaired) electrons. The van der Waals surface area contributed by atoms with Gasteiger partial charge in [0.15, 0.2) is 0 Å². The van der Waals surface area contributed by atoms with Gasteiger partial charge in [-0.15, -0.1) is 0 Å². The first-order chi connectivity index (χ1) is 22.0. The van der Waals surface area contributed by atoms with Crippen molar-refractivity contribution in [1.82, 2.24) is 0 Å². The lowest BCUT2D eigenvalue weighted by molar-refractivity contribution is -0.929. The molecule has 0 aliphatic heterocycles. The van der Waals surface area contributed by atoms with Gasteiger partial charge in [-0.05, 0) is 38.5 Å². The van der Waals surface area contributed by atoms with Crippen molar-refractivity contribution in [3.63, 3.8) is 0 Å². The van der Waals surface area contributed by atoms with Gasteiger partial charge in [-0.25, -0.2) is 0 Å². The van der Waals surface area contributed by atoms with Crippen LogP contribution in [0.1, 0.15) is 175 Å². The van der Waals surface area contributed by atoms with Gasteiger partial charge in [0.25, 0.3) is 0 Å². The minimum atomic E-state index is -0.821. The molecule has 3 N–H and O–H groups in total. The molecule has 7 heteroatoms. The normalized spacial score (nSPS) is 15.0. The van der Waals surface area contributed by atoms with Crippen molar-refractivity contribution >= 4 is 17.9 Å². The summed E-state index contributed by atoms with van der Waals surface area (Å²) in [4.78, 5) is 34.6. The Balaban J connectivity index is 4.27. The molecule has 7 nitrogen and oxygen atoms in total. The van der Waals surface area contributed by atoms with E-state index in [1.165, 1.54) is 116 Å². The summed E-state index contributed by atoms with van der Waals surface area (Å²) in [7, 11) is 0. The Morgan fingerprint density at radius 3 is 1.04 bits per heavy atom. The Kier molecular flexibility index (Phi) is 28.1. The molecule has 0 aromatic carbocycles. The number of hydrogen-bond acceptors (Lipinski definition) is 3. The molecule has 0 amide bonds. The van der Waals surface area contributed by atoms with Crippen LogP contribution in [0.15, 0.2) is 12.2 Å². The van der Waals surface area contributed by atoms with E-state index in [0.717, 1.165) is 19.4 Å². The van der Waals surface area contributed by atoms with Crippen LogP contribution < -0.4 is 0 Å². The summed E-state index contributed by atoms with van der Waals surface area (Å²) in [5.41, 5.74) is 0. The zero-order chi connectivity index (χ0) is 34.5. The van der Waals surface area contributed by atoms with Gasteiger partial charge in [0.2, 0.25) is 0 Å². The molecule has 0 aromatic heterocycles. The smallest absolute Gasteiger partial charge is 0.306 e. The SMILES string of the molecule is CCCCC/C=C/CCCCCCCCCCCCCCCCC[N+](CCC(C)C(=O)O)(CCC(C)C(=O)O)CCC(C)C(=O)O. The monoisotopic (exact) mass is 653 g/mol. The van der Waals surface area contributed by atoms with E-state index in [1.54, 1.807) is 20.8 Å². The standard InChI is InChI=1S/C39H73NO6/c1-5-6-7-8-9-10-11-12-13-14-15-16-17-18-19-20-21-22-23-24-25-26-30-40(31-27-34(2)37(41)42,32-28-35(3)38(43)44)33-29-36(4)39(45)46/h9-10,34-36H,5-8,11-33H2,1-4H3,(H2-,41,42,43,44,45,46)/p+1/b10-9+. The summed E-state index contributed by atoms with van der Waals surface area (Å²) in [5, 5.41) is 28.4. The molecule has 0 aromatic rings. The Hall–Kier alpha value is -1.89. The molecule has 0 heterocycles. The molecule has 0 aliphatic carbocycles. The van der Waals surface area contributed by atoms with Gasteiger partial charge in [0, 0.05) is 19.3 Å². The number of carboxylic acids is 3. The fraction of sp³-hybridized carbons (Fsp3) is 0.872. The van der Waals surface area contributed by atoms with E-state index >= 15 is 0 Å². The molecular weight excluding hydrogens is 578 g/mol. The van der Waals surface area contributed by atoms with Crippen LogP contribution in [0.4, 0.5) is 0 Å². The van der Waals surface area contributed by atoms with Gasteiger partial charge in [-0.1, -0.05) is 130 Å². The van der Waals surface area contributed by atoms with E-state index in [4.69, 9.17) is 0 Å². The van der Waals surface area contributed by atoms with Crippen molar-refractivity contribution in [3.8, 4) is 0 Å². The van der Waals surface area contributed by atoms with E-state index in [-0.39, 0.29) is 0 Å². The predicted molar refractivity (Wildman–Crippen MR) is 191 cm³/mol. The summed E-state index contributed by atoms with van der Waals surface area (Å²) in [6.45, 7) is 10.2. The third-order valence-electron chi connectivity index (χ3n) is 10.0. The topological polar surface area (TPSA) is 112 Å². The molecule has 0 saturated heterocycles. The summed E-state index contributed by atoms with van der Waals surface area (Å²) < 4.78 is 0.614. The Morgan fingerprint density at radius 2 is 0.739 bits per heavy atom. The van der Waals surface area contributed by atoms with Crippen LogP contribution in [0, 0.1) is 17.8 Å². The maximum atomic E-state index is 11.5. The van der Waals surface area contributed by atoms with Gasteiger partial charge in [-0.2, -0.15) is 0 Å². The summed E-state index contributed by atoms with van der Waals surface area (Å²) in [6, 6.07) is 0. The van der Waals surface area contributed by atoms with Gasteiger partial charge >= 0.3 is 17.9 Å². The van der Waals surface area contributed by atoms with Gasteiger partial charge < -0.3 is 19.8 Å². The number of aliphatic carboxylic acids is 3. The fourth-order valence-electron chi connectivity index (χ4n) is 6.20. The lowest BCUT2D eigenvalue weighted by atomic mass is 10.0. The molecule has 0 saturated carbocycles. The van der Waals surface area contributed by atoms with Gasteiger partial charge in [-0.3, -0.25) is 14.4 Å². The van der Waals surface area contributed by atoms with Crippen molar-refractivity contribution in [1.29, 1.82) is 0 Å². The van der Waals surface area contributed by atoms with Crippen LogP contribution in [0.2, 0.25) is 0 Å². The van der Waals surface area contributed by atoms with Crippen LogP contribution in [0.3, 0.4) is 0 Å². The molecule has 0 fully saturated rings. The predicted octanol–water partition coefficient (Wildman–Crippen LogP) is 10.5. The number of carbonyl (C=O) groups is 3. The van der Waals surface area contributed by atoms with Crippen molar-refractivity contribution in [3.05, 3.63) is 12.2 Å². The van der Waals surface area contributed by atoms with E-state index in [0.29, 0.717) is 43.4 Å². The number of hydrogen-bond donors (Lipinski definition) is 3. The minimum absolute atomic E-state index is 0.478.